The number of aryl methyl sites for hydroxylation is 1. The summed E-state index contributed by atoms with van der Waals surface area (Å²) >= 11 is 0. The fourth-order valence-electron chi connectivity index (χ4n) is 4.65. The summed E-state index contributed by atoms with van der Waals surface area (Å²) in [6.45, 7) is 3.00. The zero-order valence-corrected chi connectivity index (χ0v) is 18.4. The van der Waals surface area contributed by atoms with E-state index in [-0.39, 0.29) is 0 Å². The first-order valence-electron chi connectivity index (χ1n) is 11.5. The van der Waals surface area contributed by atoms with Crippen LogP contribution >= 0.6 is 0 Å². The maximum absolute atomic E-state index is 5.35. The summed E-state index contributed by atoms with van der Waals surface area (Å²) < 4.78 is 7.45. The highest BCUT2D eigenvalue weighted by molar-refractivity contribution is 5.64. The van der Waals surface area contributed by atoms with Crippen molar-refractivity contribution in [1.29, 1.82) is 0 Å². The average Bonchev–Trinajstić information content (AvgIpc) is 3.54. The summed E-state index contributed by atoms with van der Waals surface area (Å²) in [7, 11) is 1.70. The minimum absolute atomic E-state index is 0.560. The largest absolute Gasteiger partial charge is 0.495 e. The van der Waals surface area contributed by atoms with Crippen molar-refractivity contribution in [1.82, 2.24) is 19.7 Å². The van der Waals surface area contributed by atoms with Gasteiger partial charge >= 0.3 is 0 Å². The summed E-state index contributed by atoms with van der Waals surface area (Å²) in [5.74, 6) is 3.06. The van der Waals surface area contributed by atoms with Crippen LogP contribution in [-0.4, -0.2) is 33.4 Å². The summed E-state index contributed by atoms with van der Waals surface area (Å²) in [4.78, 5) is 9.32. The van der Waals surface area contributed by atoms with Crippen molar-refractivity contribution in [2.45, 2.75) is 57.4 Å². The van der Waals surface area contributed by atoms with Crippen molar-refractivity contribution in [3.8, 4) is 16.9 Å². The third-order valence-corrected chi connectivity index (χ3v) is 6.73. The minimum atomic E-state index is 0.560. The van der Waals surface area contributed by atoms with Gasteiger partial charge < -0.3 is 10.1 Å². The molecule has 2 aliphatic carbocycles. The van der Waals surface area contributed by atoms with Gasteiger partial charge in [0.1, 0.15) is 11.6 Å². The molecule has 0 saturated heterocycles. The van der Waals surface area contributed by atoms with Gasteiger partial charge in [0.2, 0.25) is 0 Å². The van der Waals surface area contributed by atoms with Crippen molar-refractivity contribution < 1.29 is 4.74 Å². The van der Waals surface area contributed by atoms with E-state index in [4.69, 9.17) is 9.72 Å². The molecule has 0 spiro atoms. The number of pyridine rings is 2. The second kappa shape index (κ2) is 8.69. The Morgan fingerprint density at radius 1 is 1.06 bits per heavy atom. The van der Waals surface area contributed by atoms with Gasteiger partial charge in [-0.25, -0.2) is 4.98 Å². The highest BCUT2D eigenvalue weighted by Crippen LogP contribution is 2.37. The Balaban J connectivity index is 1.15. The molecule has 6 nitrogen and oxygen atoms in total. The molecular formula is C25H31N5O. The molecule has 0 radical (unpaired) electrons. The topological polar surface area (TPSA) is 64.9 Å². The van der Waals surface area contributed by atoms with E-state index in [2.05, 4.69) is 50.5 Å². The van der Waals surface area contributed by atoms with Crippen LogP contribution in [0.3, 0.4) is 0 Å². The zero-order chi connectivity index (χ0) is 21.2. The Bertz CT molecular complexity index is 1030. The monoisotopic (exact) mass is 417 g/mol. The van der Waals surface area contributed by atoms with Gasteiger partial charge in [0.25, 0.3) is 0 Å². The number of hydrogen-bond donors (Lipinski definition) is 1. The Morgan fingerprint density at radius 2 is 1.90 bits per heavy atom. The fraction of sp³-hybridized carbons (Fsp3) is 0.480. The first-order valence-corrected chi connectivity index (χ1v) is 11.5. The Hall–Kier alpha value is -2.89. The van der Waals surface area contributed by atoms with Gasteiger partial charge in [0.15, 0.2) is 0 Å². The second-order valence-electron chi connectivity index (χ2n) is 8.99. The predicted molar refractivity (Wildman–Crippen MR) is 122 cm³/mol. The van der Waals surface area contributed by atoms with E-state index >= 15 is 0 Å². The van der Waals surface area contributed by atoms with Crippen LogP contribution in [0.2, 0.25) is 0 Å². The van der Waals surface area contributed by atoms with Crippen LogP contribution in [0.25, 0.3) is 11.1 Å². The molecule has 31 heavy (non-hydrogen) atoms. The molecule has 0 aromatic carbocycles. The number of anilines is 1. The molecule has 0 bridgehead atoms. The van der Waals surface area contributed by atoms with Crippen LogP contribution in [0.15, 0.2) is 42.9 Å². The minimum Gasteiger partial charge on any atom is -0.495 e. The molecule has 2 aliphatic rings. The smallest absolute Gasteiger partial charge is 0.140 e. The maximum Gasteiger partial charge on any atom is 0.140 e. The predicted octanol–water partition coefficient (Wildman–Crippen LogP) is 5.38. The molecule has 0 unspecified atom stereocenters. The van der Waals surface area contributed by atoms with E-state index < -0.39 is 0 Å². The summed E-state index contributed by atoms with van der Waals surface area (Å²) in [6.07, 6.45) is 13.3. The highest BCUT2D eigenvalue weighted by Gasteiger charge is 2.25. The van der Waals surface area contributed by atoms with Crippen LogP contribution in [0.4, 0.5) is 5.82 Å². The molecule has 0 atom stereocenters. The summed E-state index contributed by atoms with van der Waals surface area (Å²) in [5, 5.41) is 8.09. The van der Waals surface area contributed by atoms with Gasteiger partial charge in [-0.1, -0.05) is 0 Å². The highest BCUT2D eigenvalue weighted by atomic mass is 16.5. The first kappa shape index (κ1) is 20.0. The lowest BCUT2D eigenvalue weighted by atomic mass is 9.80. The molecule has 5 rings (SSSR count). The number of nitrogens with one attached hydrogen (secondary N) is 1. The van der Waals surface area contributed by atoms with E-state index in [1.54, 1.807) is 7.11 Å². The number of methoxy groups -OCH3 is 1. The maximum atomic E-state index is 5.35. The Kier molecular flexibility index (Phi) is 5.62. The molecule has 162 valence electrons. The van der Waals surface area contributed by atoms with Crippen molar-refractivity contribution in [2.24, 2.45) is 5.92 Å². The number of nitrogens with zero attached hydrogens (tertiary/aromatic N) is 4. The zero-order valence-electron chi connectivity index (χ0n) is 18.4. The molecule has 3 heterocycles. The van der Waals surface area contributed by atoms with E-state index in [1.165, 1.54) is 55.3 Å². The van der Waals surface area contributed by atoms with Gasteiger partial charge in [0.05, 0.1) is 25.0 Å². The molecule has 1 N–H and O–H groups in total. The van der Waals surface area contributed by atoms with Crippen LogP contribution in [0.1, 0.15) is 61.9 Å². The third kappa shape index (κ3) is 4.58. The third-order valence-electron chi connectivity index (χ3n) is 6.73. The van der Waals surface area contributed by atoms with Crippen molar-refractivity contribution in [3.05, 3.63) is 54.2 Å². The summed E-state index contributed by atoms with van der Waals surface area (Å²) in [5.41, 5.74) is 4.54. The van der Waals surface area contributed by atoms with Gasteiger partial charge in [-0.15, -0.1) is 0 Å². The Labute approximate surface area is 184 Å². The molecule has 3 aromatic rings. The lowest BCUT2D eigenvalue weighted by Gasteiger charge is -2.28. The quantitative estimate of drug-likeness (QED) is 0.559. The van der Waals surface area contributed by atoms with Gasteiger partial charge in [0, 0.05) is 36.1 Å². The second-order valence-corrected chi connectivity index (χ2v) is 8.99. The van der Waals surface area contributed by atoms with E-state index in [0.29, 0.717) is 17.9 Å². The lowest BCUT2D eigenvalue weighted by Crippen LogP contribution is -2.21. The van der Waals surface area contributed by atoms with Crippen LogP contribution in [0, 0.1) is 12.8 Å². The number of rotatable bonds is 7. The van der Waals surface area contributed by atoms with E-state index in [9.17, 15) is 0 Å². The average molecular weight is 418 g/mol. The summed E-state index contributed by atoms with van der Waals surface area (Å²) in [6, 6.07) is 9.01. The van der Waals surface area contributed by atoms with E-state index in [1.807, 2.05) is 19.3 Å². The van der Waals surface area contributed by atoms with Gasteiger partial charge in [-0.05, 0) is 81.2 Å². The number of ether oxygens (including phenoxy) is 1. The molecule has 0 amide bonds. The normalized spacial score (nSPS) is 21.1. The SMILES string of the molecule is COc1ccc(C2CCC(CNc3cc(-c4cnn(C5CC5)c4)ccn3)CC2)nc1C. The van der Waals surface area contributed by atoms with Crippen molar-refractivity contribution in [2.75, 3.05) is 19.0 Å². The van der Waals surface area contributed by atoms with Crippen LogP contribution in [-0.2, 0) is 0 Å². The number of aromatic nitrogens is 4. The van der Waals surface area contributed by atoms with Crippen LogP contribution < -0.4 is 10.1 Å². The van der Waals surface area contributed by atoms with Crippen molar-refractivity contribution in [3.63, 3.8) is 0 Å². The van der Waals surface area contributed by atoms with Crippen LogP contribution in [0.5, 0.6) is 5.75 Å². The first-order chi connectivity index (χ1) is 15.2. The molecule has 0 aliphatic heterocycles. The molecule has 3 aromatic heterocycles. The van der Waals surface area contributed by atoms with E-state index in [0.717, 1.165) is 23.8 Å². The molecular weight excluding hydrogens is 386 g/mol. The molecule has 6 heteroatoms. The number of hydrogen-bond acceptors (Lipinski definition) is 5. The van der Waals surface area contributed by atoms with Gasteiger partial charge in [-0.3, -0.25) is 9.67 Å². The van der Waals surface area contributed by atoms with Crippen molar-refractivity contribution >= 4 is 5.82 Å². The van der Waals surface area contributed by atoms with Gasteiger partial charge in [-0.2, -0.15) is 5.10 Å². The molecule has 2 fully saturated rings. The Morgan fingerprint density at radius 3 is 2.65 bits per heavy atom. The lowest BCUT2D eigenvalue weighted by molar-refractivity contribution is 0.334. The standard InChI is InChI=1S/C25H31N5O/c1-17-24(31-2)10-9-23(29-17)19-5-3-18(4-6-19)14-27-25-13-20(11-12-26-25)21-15-28-30(16-21)22-7-8-22/h9-13,15-16,18-19,22H,3-8,14H2,1-2H3,(H,26,27). The fourth-order valence-corrected chi connectivity index (χ4v) is 4.65. The molecule has 2 saturated carbocycles.